The maximum absolute atomic E-state index is 13.0. The molecule has 0 saturated heterocycles. The molecule has 0 heterocycles. The highest BCUT2D eigenvalue weighted by Gasteiger charge is 2.27. The molecule has 4 rings (SSSR count). The molecular weight excluding hydrogens is 448 g/mol. The first kappa shape index (κ1) is 21.7. The van der Waals surface area contributed by atoms with Crippen molar-refractivity contribution in [3.63, 3.8) is 0 Å². The number of hydrogen-bond acceptors (Lipinski definition) is 6. The van der Waals surface area contributed by atoms with Gasteiger partial charge in [-0.25, -0.2) is 0 Å². The summed E-state index contributed by atoms with van der Waals surface area (Å²) in [7, 11) is -4.26. The van der Waals surface area contributed by atoms with Crippen molar-refractivity contribution in [1.82, 2.24) is 0 Å². The normalized spacial score (nSPS) is 14.7. The summed E-state index contributed by atoms with van der Waals surface area (Å²) in [4.78, 5) is 24.2. The van der Waals surface area contributed by atoms with Crippen molar-refractivity contribution in [2.45, 2.75) is 16.7 Å². The minimum atomic E-state index is -4.26. The number of rotatable bonds is 5. The maximum atomic E-state index is 13.0. The number of nitro benzene ring substituents is 1. The molecule has 0 N–H and O–H groups in total. The zero-order chi connectivity index (χ0) is 22.9. The van der Waals surface area contributed by atoms with Crippen molar-refractivity contribution in [3.05, 3.63) is 111 Å². The largest absolute Gasteiger partial charge is 0.288 e. The number of allylic oxidation sites excluding steroid dienone is 2. The number of carbonyl (C=O) groups is 1. The predicted molar refractivity (Wildman–Crippen MR) is 123 cm³/mol. The lowest BCUT2D eigenvalue weighted by atomic mass is 9.94. The van der Waals surface area contributed by atoms with E-state index in [1.807, 2.05) is 31.2 Å². The summed E-state index contributed by atoms with van der Waals surface area (Å²) in [6, 6.07) is 18.9. The fourth-order valence-corrected chi connectivity index (χ4v) is 5.06. The highest BCUT2D eigenvalue weighted by Crippen LogP contribution is 2.34. The van der Waals surface area contributed by atoms with Crippen LogP contribution in [0.25, 0.3) is 0 Å². The van der Waals surface area contributed by atoms with Crippen LogP contribution < -0.4 is 0 Å². The third kappa shape index (κ3) is 4.39. The summed E-state index contributed by atoms with van der Waals surface area (Å²) >= 11 is 1.22. The van der Waals surface area contributed by atoms with Gasteiger partial charge in [0.2, 0.25) is 0 Å². The van der Waals surface area contributed by atoms with Gasteiger partial charge in [0.25, 0.3) is 15.7 Å². The van der Waals surface area contributed by atoms with Crippen molar-refractivity contribution in [2.24, 2.45) is 4.40 Å². The number of sulfonamides is 1. The molecular formula is C23H16N2O5S2. The van der Waals surface area contributed by atoms with Gasteiger partial charge in [0, 0.05) is 28.2 Å². The molecule has 160 valence electrons. The van der Waals surface area contributed by atoms with Crippen LogP contribution in [-0.2, 0) is 10.0 Å². The topological polar surface area (TPSA) is 107 Å². The molecule has 7 nitrogen and oxygen atoms in total. The Hall–Kier alpha value is -3.56. The van der Waals surface area contributed by atoms with Crippen LogP contribution in [0, 0.1) is 17.0 Å². The van der Waals surface area contributed by atoms with Gasteiger partial charge in [0.05, 0.1) is 20.4 Å². The van der Waals surface area contributed by atoms with E-state index >= 15 is 0 Å². The molecule has 9 heteroatoms. The molecule has 0 saturated carbocycles. The van der Waals surface area contributed by atoms with Gasteiger partial charge >= 0.3 is 0 Å². The van der Waals surface area contributed by atoms with Crippen LogP contribution in [0.2, 0.25) is 0 Å². The van der Waals surface area contributed by atoms with Crippen LogP contribution in [0.15, 0.2) is 98.0 Å². The van der Waals surface area contributed by atoms with Crippen LogP contribution in [0.4, 0.5) is 5.69 Å². The molecule has 0 aliphatic heterocycles. The number of fused-ring (bicyclic) bond motifs is 1. The Bertz CT molecular complexity index is 1410. The van der Waals surface area contributed by atoms with Crippen molar-refractivity contribution < 1.29 is 18.1 Å². The highest BCUT2D eigenvalue weighted by atomic mass is 32.2. The summed E-state index contributed by atoms with van der Waals surface area (Å²) in [5, 5.41) is 11.0. The monoisotopic (exact) mass is 464 g/mol. The summed E-state index contributed by atoms with van der Waals surface area (Å²) in [6.07, 6.45) is 1.45. The van der Waals surface area contributed by atoms with Gasteiger partial charge in [-0.15, -0.1) is 0 Å². The molecule has 0 aromatic heterocycles. The van der Waals surface area contributed by atoms with Gasteiger partial charge in [-0.05, 0) is 31.2 Å². The molecule has 0 unspecified atom stereocenters. The lowest BCUT2D eigenvalue weighted by molar-refractivity contribution is -0.385. The van der Waals surface area contributed by atoms with Gasteiger partial charge < -0.3 is 0 Å². The number of non-ortho nitro benzene ring substituents is 1. The van der Waals surface area contributed by atoms with Gasteiger partial charge in [-0.1, -0.05) is 59.8 Å². The van der Waals surface area contributed by atoms with E-state index < -0.39 is 14.9 Å². The van der Waals surface area contributed by atoms with Gasteiger partial charge in [0.1, 0.15) is 0 Å². The Kier molecular flexibility index (Phi) is 5.77. The Morgan fingerprint density at radius 1 is 0.938 bits per heavy atom. The average Bonchev–Trinajstić information content (AvgIpc) is 2.78. The Morgan fingerprint density at radius 3 is 2.31 bits per heavy atom. The fourth-order valence-electron chi connectivity index (χ4n) is 3.13. The number of Topliss-reactive ketones (excluding diaryl/α,β-unsaturated/α-hetero) is 1. The number of thioether (sulfide) groups is 1. The molecule has 32 heavy (non-hydrogen) atoms. The molecule has 0 spiro atoms. The van der Waals surface area contributed by atoms with E-state index in [9.17, 15) is 23.3 Å². The molecule has 3 aromatic rings. The van der Waals surface area contributed by atoms with Gasteiger partial charge in [-0.2, -0.15) is 12.8 Å². The zero-order valence-corrected chi connectivity index (χ0v) is 18.4. The number of carbonyl (C=O) groups excluding carboxylic acids is 1. The molecule has 0 bridgehead atoms. The van der Waals surface area contributed by atoms with E-state index in [-0.39, 0.29) is 22.1 Å². The van der Waals surface area contributed by atoms with E-state index in [4.69, 9.17) is 0 Å². The zero-order valence-electron chi connectivity index (χ0n) is 16.8. The van der Waals surface area contributed by atoms with Crippen molar-refractivity contribution in [1.29, 1.82) is 0 Å². The Balaban J connectivity index is 1.81. The summed E-state index contributed by atoms with van der Waals surface area (Å²) in [5.74, 6) is -0.224. The smallest absolute Gasteiger partial charge is 0.283 e. The predicted octanol–water partition coefficient (Wildman–Crippen LogP) is 4.95. The molecule has 3 aromatic carbocycles. The highest BCUT2D eigenvalue weighted by molar-refractivity contribution is 8.04. The number of nitro groups is 1. The van der Waals surface area contributed by atoms with Crippen molar-refractivity contribution in [3.8, 4) is 0 Å². The second-order valence-electron chi connectivity index (χ2n) is 7.00. The van der Waals surface area contributed by atoms with Crippen LogP contribution in [0.1, 0.15) is 21.5 Å². The molecule has 0 radical (unpaired) electrons. The lowest BCUT2D eigenvalue weighted by Crippen LogP contribution is -2.17. The Labute approximate surface area is 188 Å². The second kappa shape index (κ2) is 8.52. The maximum Gasteiger partial charge on any atom is 0.283 e. The average molecular weight is 465 g/mol. The van der Waals surface area contributed by atoms with E-state index in [1.54, 1.807) is 24.3 Å². The fraction of sp³-hybridized carbons (Fsp3) is 0.0435. The minimum absolute atomic E-state index is 0.0984. The van der Waals surface area contributed by atoms with Crippen LogP contribution in [-0.4, -0.2) is 24.8 Å². The number of nitrogens with zero attached hydrogens (tertiary/aromatic N) is 2. The quantitative estimate of drug-likeness (QED) is 0.390. The summed E-state index contributed by atoms with van der Waals surface area (Å²) in [5.41, 5.74) is 1.56. The first-order valence-electron chi connectivity index (χ1n) is 9.44. The van der Waals surface area contributed by atoms with E-state index in [0.29, 0.717) is 16.0 Å². The third-order valence-corrected chi connectivity index (χ3v) is 7.05. The lowest BCUT2D eigenvalue weighted by Gasteiger charge is -2.17. The first-order valence-corrected chi connectivity index (χ1v) is 11.7. The van der Waals surface area contributed by atoms with E-state index in [1.165, 1.54) is 36.0 Å². The van der Waals surface area contributed by atoms with Crippen LogP contribution in [0.5, 0.6) is 0 Å². The van der Waals surface area contributed by atoms with E-state index in [2.05, 4.69) is 4.40 Å². The SMILES string of the molecule is Cc1ccc(SC2=C/C(=N\S(=O)(=O)c3cccc([N+](=O)[O-])c3)c3ccccc3C2=O)cc1. The first-order chi connectivity index (χ1) is 15.2. The Morgan fingerprint density at radius 2 is 1.62 bits per heavy atom. The van der Waals surface area contributed by atoms with Crippen LogP contribution in [0.3, 0.4) is 0 Å². The summed E-state index contributed by atoms with van der Waals surface area (Å²) in [6.45, 7) is 1.96. The van der Waals surface area contributed by atoms with Gasteiger partial charge in [0.15, 0.2) is 5.78 Å². The van der Waals surface area contributed by atoms with Crippen molar-refractivity contribution >= 4 is 39.0 Å². The molecule has 0 atom stereocenters. The number of aryl methyl sites for hydroxylation is 1. The van der Waals surface area contributed by atoms with Crippen molar-refractivity contribution in [2.75, 3.05) is 0 Å². The number of benzene rings is 3. The van der Waals surface area contributed by atoms with E-state index in [0.717, 1.165) is 16.5 Å². The second-order valence-corrected chi connectivity index (χ2v) is 9.72. The molecule has 0 amide bonds. The molecule has 1 aliphatic carbocycles. The number of hydrogen-bond donors (Lipinski definition) is 0. The third-order valence-electron chi connectivity index (χ3n) is 4.73. The molecule has 1 aliphatic rings. The van der Waals surface area contributed by atoms with Gasteiger partial charge in [-0.3, -0.25) is 14.9 Å². The number of ketones is 1. The summed E-state index contributed by atoms with van der Waals surface area (Å²) < 4.78 is 29.8. The minimum Gasteiger partial charge on any atom is -0.288 e. The standard InChI is InChI=1S/C23H16N2O5S2/c1-15-9-11-17(12-10-15)31-22-14-21(19-7-2-3-8-20(19)23(22)26)24-32(29,30)18-6-4-5-16(13-18)25(27)28/h2-14H,1H3/b24-21+. The molecule has 0 fully saturated rings. The van der Waals surface area contributed by atoms with Crippen LogP contribution >= 0.6 is 11.8 Å².